The van der Waals surface area contributed by atoms with Crippen molar-refractivity contribution in [2.75, 3.05) is 11.1 Å². The second-order valence-electron chi connectivity index (χ2n) is 3.94. The van der Waals surface area contributed by atoms with Crippen LogP contribution in [0.15, 0.2) is 29.6 Å². The normalized spacial score (nSPS) is 10.3. The summed E-state index contributed by atoms with van der Waals surface area (Å²) < 4.78 is 13.6. The summed E-state index contributed by atoms with van der Waals surface area (Å²) in [6.45, 7) is 1.68. The lowest BCUT2D eigenvalue weighted by Crippen LogP contribution is -2.16. The molecule has 0 aliphatic rings. The van der Waals surface area contributed by atoms with Crippen molar-refractivity contribution in [1.82, 2.24) is 0 Å². The topological polar surface area (TPSA) is 55.1 Å². The number of carbonyl (C=O) groups excluding carboxylic acids is 1. The Bertz CT molecular complexity index is 567. The number of nitrogens with one attached hydrogen (secondary N) is 1. The maximum Gasteiger partial charge on any atom is 0.229 e. The third kappa shape index (κ3) is 2.68. The molecule has 0 saturated heterocycles. The van der Waals surface area contributed by atoms with Gasteiger partial charge in [0.15, 0.2) is 0 Å². The largest absolute Gasteiger partial charge is 0.398 e. The summed E-state index contributed by atoms with van der Waals surface area (Å²) in [5, 5.41) is 4.47. The van der Waals surface area contributed by atoms with Crippen molar-refractivity contribution < 1.29 is 9.18 Å². The first-order valence-corrected chi connectivity index (χ1v) is 6.32. The molecule has 0 bridgehead atoms. The zero-order valence-electron chi connectivity index (χ0n) is 9.87. The van der Waals surface area contributed by atoms with Crippen LogP contribution in [0.4, 0.5) is 15.8 Å². The fraction of sp³-hybridized carbons (Fsp3) is 0.154. The highest BCUT2D eigenvalue weighted by atomic mass is 32.1. The van der Waals surface area contributed by atoms with Gasteiger partial charge in [-0.15, -0.1) is 11.3 Å². The first-order chi connectivity index (χ1) is 8.58. The van der Waals surface area contributed by atoms with Crippen LogP contribution in [0.5, 0.6) is 0 Å². The summed E-state index contributed by atoms with van der Waals surface area (Å²) in [5.41, 5.74) is 6.86. The number of nitrogens with two attached hydrogens (primary N) is 1. The van der Waals surface area contributed by atoms with E-state index in [4.69, 9.17) is 5.73 Å². The van der Waals surface area contributed by atoms with Gasteiger partial charge >= 0.3 is 0 Å². The molecule has 1 heterocycles. The van der Waals surface area contributed by atoms with Gasteiger partial charge in [0.05, 0.1) is 12.1 Å². The molecule has 0 unspecified atom stereocenters. The Morgan fingerprint density at radius 3 is 2.89 bits per heavy atom. The first-order valence-electron chi connectivity index (χ1n) is 5.44. The van der Waals surface area contributed by atoms with E-state index in [0.717, 1.165) is 4.88 Å². The predicted molar refractivity (Wildman–Crippen MR) is 72.2 cm³/mol. The van der Waals surface area contributed by atoms with Gasteiger partial charge in [0.1, 0.15) is 5.82 Å². The number of hydrogen-bond donors (Lipinski definition) is 2. The molecule has 0 radical (unpaired) electrons. The average molecular weight is 264 g/mol. The lowest BCUT2D eigenvalue weighted by molar-refractivity contribution is -0.115. The second-order valence-corrected chi connectivity index (χ2v) is 4.97. The van der Waals surface area contributed by atoms with Crippen molar-refractivity contribution in [2.24, 2.45) is 0 Å². The number of thiophene rings is 1. The SMILES string of the molecule is Cc1c(N)ccc(F)c1NC(=O)Cc1cccs1. The number of anilines is 2. The number of amides is 1. The smallest absolute Gasteiger partial charge is 0.229 e. The van der Waals surface area contributed by atoms with Crippen molar-refractivity contribution in [3.05, 3.63) is 45.9 Å². The van der Waals surface area contributed by atoms with E-state index < -0.39 is 5.82 Å². The molecule has 2 rings (SSSR count). The Labute approximate surface area is 108 Å². The van der Waals surface area contributed by atoms with Crippen LogP contribution < -0.4 is 11.1 Å². The van der Waals surface area contributed by atoms with Crippen LogP contribution in [0.2, 0.25) is 0 Å². The van der Waals surface area contributed by atoms with Gasteiger partial charge in [0, 0.05) is 10.6 Å². The van der Waals surface area contributed by atoms with Gasteiger partial charge in [0.2, 0.25) is 5.91 Å². The van der Waals surface area contributed by atoms with E-state index in [-0.39, 0.29) is 18.0 Å². The van der Waals surface area contributed by atoms with Gasteiger partial charge in [-0.3, -0.25) is 4.79 Å². The summed E-state index contributed by atoms with van der Waals surface area (Å²) in [5.74, 6) is -0.716. The average Bonchev–Trinajstić information content (AvgIpc) is 2.82. The summed E-state index contributed by atoms with van der Waals surface area (Å²) in [6.07, 6.45) is 0.241. The van der Waals surface area contributed by atoms with Gasteiger partial charge < -0.3 is 11.1 Å². The van der Waals surface area contributed by atoms with Crippen LogP contribution in [-0.4, -0.2) is 5.91 Å². The molecular weight excluding hydrogens is 251 g/mol. The minimum absolute atomic E-state index is 0.163. The van der Waals surface area contributed by atoms with Crippen molar-refractivity contribution in [1.29, 1.82) is 0 Å². The lowest BCUT2D eigenvalue weighted by Gasteiger charge is -2.11. The molecule has 18 heavy (non-hydrogen) atoms. The Morgan fingerprint density at radius 1 is 1.44 bits per heavy atom. The third-order valence-electron chi connectivity index (χ3n) is 2.64. The van der Waals surface area contributed by atoms with E-state index in [2.05, 4.69) is 5.32 Å². The number of hydrogen-bond acceptors (Lipinski definition) is 3. The van der Waals surface area contributed by atoms with Crippen LogP contribution in [0.1, 0.15) is 10.4 Å². The quantitative estimate of drug-likeness (QED) is 0.837. The minimum atomic E-state index is -0.471. The fourth-order valence-electron chi connectivity index (χ4n) is 1.60. The van der Waals surface area contributed by atoms with Crippen LogP contribution in [0, 0.1) is 12.7 Å². The van der Waals surface area contributed by atoms with Crippen molar-refractivity contribution in [2.45, 2.75) is 13.3 Å². The van der Waals surface area contributed by atoms with Crippen LogP contribution in [0.3, 0.4) is 0 Å². The minimum Gasteiger partial charge on any atom is -0.398 e. The predicted octanol–water partition coefficient (Wildman–Crippen LogP) is 2.96. The molecule has 0 spiro atoms. The Balaban J connectivity index is 2.14. The molecule has 5 heteroatoms. The van der Waals surface area contributed by atoms with Crippen molar-refractivity contribution in [3.63, 3.8) is 0 Å². The maximum absolute atomic E-state index is 13.6. The molecule has 0 atom stereocenters. The van der Waals surface area contributed by atoms with Gasteiger partial charge in [-0.25, -0.2) is 4.39 Å². The molecule has 1 aromatic heterocycles. The Hall–Kier alpha value is -1.88. The number of rotatable bonds is 3. The van der Waals surface area contributed by atoms with Crippen LogP contribution in [-0.2, 0) is 11.2 Å². The highest BCUT2D eigenvalue weighted by Crippen LogP contribution is 2.24. The number of halogens is 1. The molecule has 0 fully saturated rings. The van der Waals surface area contributed by atoms with Gasteiger partial charge in [0.25, 0.3) is 0 Å². The zero-order valence-corrected chi connectivity index (χ0v) is 10.7. The summed E-state index contributed by atoms with van der Waals surface area (Å²) >= 11 is 1.49. The van der Waals surface area contributed by atoms with Gasteiger partial charge in [-0.05, 0) is 36.1 Å². The second kappa shape index (κ2) is 5.18. The highest BCUT2D eigenvalue weighted by molar-refractivity contribution is 7.10. The van der Waals surface area contributed by atoms with Gasteiger partial charge in [-0.1, -0.05) is 6.07 Å². The third-order valence-corrected chi connectivity index (χ3v) is 3.51. The van der Waals surface area contributed by atoms with E-state index in [1.807, 2.05) is 17.5 Å². The number of nitrogen functional groups attached to an aromatic ring is 1. The highest BCUT2D eigenvalue weighted by Gasteiger charge is 2.12. The van der Waals surface area contributed by atoms with E-state index in [1.165, 1.54) is 23.5 Å². The molecule has 0 aliphatic heterocycles. The van der Waals surface area contributed by atoms with E-state index in [0.29, 0.717) is 11.3 Å². The molecular formula is C13H13FN2OS. The van der Waals surface area contributed by atoms with Gasteiger partial charge in [-0.2, -0.15) is 0 Å². The zero-order chi connectivity index (χ0) is 13.1. The molecule has 94 valence electrons. The van der Waals surface area contributed by atoms with E-state index >= 15 is 0 Å². The Morgan fingerprint density at radius 2 is 2.22 bits per heavy atom. The van der Waals surface area contributed by atoms with E-state index in [9.17, 15) is 9.18 Å². The van der Waals surface area contributed by atoms with Crippen molar-refractivity contribution >= 4 is 28.6 Å². The molecule has 3 N–H and O–H groups in total. The monoisotopic (exact) mass is 264 g/mol. The molecule has 0 aliphatic carbocycles. The molecule has 1 aromatic carbocycles. The molecule has 1 amide bonds. The number of benzene rings is 1. The molecule has 3 nitrogen and oxygen atoms in total. The maximum atomic E-state index is 13.6. The lowest BCUT2D eigenvalue weighted by atomic mass is 10.1. The first kappa shape index (κ1) is 12.6. The van der Waals surface area contributed by atoms with Crippen LogP contribution >= 0.6 is 11.3 Å². The Kier molecular flexibility index (Phi) is 3.62. The molecule has 2 aromatic rings. The summed E-state index contributed by atoms with van der Waals surface area (Å²) in [4.78, 5) is 12.7. The van der Waals surface area contributed by atoms with Crippen LogP contribution in [0.25, 0.3) is 0 Å². The summed E-state index contributed by atoms with van der Waals surface area (Å²) in [7, 11) is 0. The standard InChI is InChI=1S/C13H13FN2OS/c1-8-11(15)5-4-10(14)13(8)16-12(17)7-9-3-2-6-18-9/h2-6H,7,15H2,1H3,(H,16,17). The fourth-order valence-corrected chi connectivity index (χ4v) is 2.31. The van der Waals surface area contributed by atoms with Crippen molar-refractivity contribution in [3.8, 4) is 0 Å². The van der Waals surface area contributed by atoms with E-state index in [1.54, 1.807) is 6.92 Å². The number of carbonyl (C=O) groups is 1. The molecule has 0 saturated carbocycles. The summed E-state index contributed by atoms with van der Waals surface area (Å²) in [6, 6.07) is 6.48.